The lowest BCUT2D eigenvalue weighted by atomic mass is 9.98. The zero-order chi connectivity index (χ0) is 10.9. The highest BCUT2D eigenvalue weighted by atomic mass is 16.2. The van der Waals surface area contributed by atoms with Crippen molar-refractivity contribution in [3.05, 3.63) is 0 Å². The number of rotatable bonds is 4. The number of hydrogen-bond donors (Lipinski definition) is 2. The molecule has 15 heavy (non-hydrogen) atoms. The third-order valence-corrected chi connectivity index (χ3v) is 4.19. The molecular formula is C12H22N2O. The number of amides is 1. The van der Waals surface area contributed by atoms with Gasteiger partial charge in [0.1, 0.15) is 0 Å². The van der Waals surface area contributed by atoms with E-state index in [9.17, 15) is 4.79 Å². The van der Waals surface area contributed by atoms with E-state index in [0.29, 0.717) is 18.5 Å². The van der Waals surface area contributed by atoms with Crippen molar-refractivity contribution in [2.24, 2.45) is 17.1 Å². The molecule has 3 N–H and O–H groups in total. The molecule has 2 saturated carbocycles. The van der Waals surface area contributed by atoms with E-state index in [0.717, 1.165) is 12.8 Å². The topological polar surface area (TPSA) is 55.1 Å². The molecule has 1 amide bonds. The fraction of sp³-hybridized carbons (Fsp3) is 0.917. The molecule has 3 nitrogen and oxygen atoms in total. The van der Waals surface area contributed by atoms with Gasteiger partial charge in [-0.1, -0.05) is 12.8 Å². The second kappa shape index (κ2) is 4.12. The van der Waals surface area contributed by atoms with Crippen molar-refractivity contribution in [2.75, 3.05) is 6.54 Å². The minimum absolute atomic E-state index is 0.188. The fourth-order valence-corrected chi connectivity index (χ4v) is 2.61. The second-order valence-electron chi connectivity index (χ2n) is 5.29. The molecule has 1 unspecified atom stereocenters. The molecule has 0 bridgehead atoms. The van der Waals surface area contributed by atoms with Crippen LogP contribution in [0.1, 0.15) is 45.4 Å². The molecule has 2 aliphatic carbocycles. The first-order chi connectivity index (χ1) is 7.18. The van der Waals surface area contributed by atoms with Gasteiger partial charge in [0.25, 0.3) is 0 Å². The van der Waals surface area contributed by atoms with E-state index in [1.165, 1.54) is 25.7 Å². The van der Waals surface area contributed by atoms with Crippen LogP contribution in [0.4, 0.5) is 0 Å². The van der Waals surface area contributed by atoms with Gasteiger partial charge in [-0.2, -0.15) is 0 Å². The highest BCUT2D eigenvalue weighted by Gasteiger charge is 2.48. The highest BCUT2D eigenvalue weighted by molar-refractivity contribution is 5.85. The molecule has 0 heterocycles. The smallest absolute Gasteiger partial charge is 0.227 e. The lowest BCUT2D eigenvalue weighted by molar-refractivity contribution is -0.126. The zero-order valence-corrected chi connectivity index (χ0v) is 9.59. The SMILES string of the molecule is CC(NC(=O)C1(CN)CC1)C1CCCC1. The Labute approximate surface area is 91.8 Å². The molecule has 0 saturated heterocycles. The molecule has 2 rings (SSSR count). The zero-order valence-electron chi connectivity index (χ0n) is 9.59. The molecule has 2 aliphatic rings. The summed E-state index contributed by atoms with van der Waals surface area (Å²) in [6.45, 7) is 2.65. The molecule has 0 aromatic heterocycles. The van der Waals surface area contributed by atoms with E-state index in [4.69, 9.17) is 5.73 Å². The van der Waals surface area contributed by atoms with Gasteiger partial charge < -0.3 is 11.1 Å². The molecule has 86 valence electrons. The lowest BCUT2D eigenvalue weighted by Gasteiger charge is -2.23. The normalized spacial score (nSPS) is 26.3. The van der Waals surface area contributed by atoms with Crippen molar-refractivity contribution in [2.45, 2.75) is 51.5 Å². The first kappa shape index (κ1) is 10.9. The standard InChI is InChI=1S/C12H22N2O/c1-9(10-4-2-3-5-10)14-11(15)12(8-13)6-7-12/h9-10H,2-8,13H2,1H3,(H,14,15). The van der Waals surface area contributed by atoms with Gasteiger partial charge in [0, 0.05) is 12.6 Å². The first-order valence-electron chi connectivity index (χ1n) is 6.19. The van der Waals surface area contributed by atoms with Crippen LogP contribution in [0, 0.1) is 11.3 Å². The van der Waals surface area contributed by atoms with Crippen molar-refractivity contribution in [3.8, 4) is 0 Å². The van der Waals surface area contributed by atoms with Gasteiger partial charge in [-0.15, -0.1) is 0 Å². The van der Waals surface area contributed by atoms with Gasteiger partial charge in [0.05, 0.1) is 5.41 Å². The molecule has 3 heteroatoms. The molecule has 1 atom stereocenters. The Hall–Kier alpha value is -0.570. The van der Waals surface area contributed by atoms with Gasteiger partial charge in [0.2, 0.25) is 5.91 Å². The number of hydrogen-bond acceptors (Lipinski definition) is 2. The first-order valence-corrected chi connectivity index (χ1v) is 6.19. The third-order valence-electron chi connectivity index (χ3n) is 4.19. The molecule has 2 fully saturated rings. The number of nitrogens with two attached hydrogens (primary N) is 1. The Morgan fingerprint density at radius 1 is 1.47 bits per heavy atom. The summed E-state index contributed by atoms with van der Waals surface area (Å²) in [7, 11) is 0. The Bertz CT molecular complexity index is 242. The molecule has 0 aliphatic heterocycles. The van der Waals surface area contributed by atoms with Crippen LogP contribution in [-0.2, 0) is 4.79 Å². The van der Waals surface area contributed by atoms with Gasteiger partial charge >= 0.3 is 0 Å². The number of carbonyl (C=O) groups excluding carboxylic acids is 1. The Kier molecular flexibility index (Phi) is 3.01. The van der Waals surface area contributed by atoms with E-state index in [-0.39, 0.29) is 11.3 Å². The second-order valence-corrected chi connectivity index (χ2v) is 5.29. The average molecular weight is 210 g/mol. The molecule has 0 aromatic carbocycles. The molecule has 0 radical (unpaired) electrons. The summed E-state index contributed by atoms with van der Waals surface area (Å²) in [5, 5.41) is 3.16. The van der Waals surface area contributed by atoms with Gasteiger partial charge in [0.15, 0.2) is 0 Å². The van der Waals surface area contributed by atoms with Crippen molar-refractivity contribution < 1.29 is 4.79 Å². The monoisotopic (exact) mass is 210 g/mol. The maximum Gasteiger partial charge on any atom is 0.227 e. The van der Waals surface area contributed by atoms with Crippen molar-refractivity contribution in [1.82, 2.24) is 5.32 Å². The van der Waals surface area contributed by atoms with E-state index in [2.05, 4.69) is 12.2 Å². The number of nitrogens with one attached hydrogen (secondary N) is 1. The third kappa shape index (κ3) is 2.17. The van der Waals surface area contributed by atoms with Crippen molar-refractivity contribution in [3.63, 3.8) is 0 Å². The Morgan fingerprint density at radius 2 is 2.07 bits per heavy atom. The molecule has 0 spiro atoms. The van der Waals surface area contributed by atoms with Gasteiger partial charge in [-0.3, -0.25) is 4.79 Å². The Balaban J connectivity index is 1.83. The maximum atomic E-state index is 11.9. The van der Waals surface area contributed by atoms with Crippen LogP contribution in [-0.4, -0.2) is 18.5 Å². The van der Waals surface area contributed by atoms with Crippen LogP contribution < -0.4 is 11.1 Å². The highest BCUT2D eigenvalue weighted by Crippen LogP contribution is 2.45. The summed E-state index contributed by atoms with van der Waals surface area (Å²) in [5.74, 6) is 0.895. The summed E-state index contributed by atoms with van der Waals surface area (Å²) >= 11 is 0. The average Bonchev–Trinajstić information content (AvgIpc) is 2.84. The predicted octanol–water partition coefficient (Wildman–Crippen LogP) is 1.42. The number of carbonyl (C=O) groups is 1. The van der Waals surface area contributed by atoms with E-state index in [1.807, 2.05) is 0 Å². The molecule has 0 aromatic rings. The Morgan fingerprint density at radius 3 is 2.53 bits per heavy atom. The summed E-state index contributed by atoms with van der Waals surface area (Å²) in [6, 6.07) is 0.337. The minimum Gasteiger partial charge on any atom is -0.353 e. The largest absolute Gasteiger partial charge is 0.353 e. The van der Waals surface area contributed by atoms with Crippen LogP contribution in [0.2, 0.25) is 0 Å². The fourth-order valence-electron chi connectivity index (χ4n) is 2.61. The van der Waals surface area contributed by atoms with E-state index >= 15 is 0 Å². The van der Waals surface area contributed by atoms with Crippen LogP contribution in [0.25, 0.3) is 0 Å². The van der Waals surface area contributed by atoms with Crippen LogP contribution in [0.5, 0.6) is 0 Å². The molecular weight excluding hydrogens is 188 g/mol. The van der Waals surface area contributed by atoms with Gasteiger partial charge in [-0.25, -0.2) is 0 Å². The van der Waals surface area contributed by atoms with Crippen LogP contribution in [0.15, 0.2) is 0 Å². The summed E-state index contributed by atoms with van der Waals surface area (Å²) in [5.41, 5.74) is 5.45. The quantitative estimate of drug-likeness (QED) is 0.737. The van der Waals surface area contributed by atoms with Crippen LogP contribution >= 0.6 is 0 Å². The maximum absolute atomic E-state index is 11.9. The van der Waals surface area contributed by atoms with Crippen molar-refractivity contribution >= 4 is 5.91 Å². The van der Waals surface area contributed by atoms with E-state index < -0.39 is 0 Å². The van der Waals surface area contributed by atoms with Crippen molar-refractivity contribution in [1.29, 1.82) is 0 Å². The lowest BCUT2D eigenvalue weighted by Crippen LogP contribution is -2.43. The van der Waals surface area contributed by atoms with E-state index in [1.54, 1.807) is 0 Å². The van der Waals surface area contributed by atoms with Crippen LogP contribution in [0.3, 0.4) is 0 Å². The summed E-state index contributed by atoms with van der Waals surface area (Å²) in [4.78, 5) is 11.9. The predicted molar refractivity (Wildman–Crippen MR) is 60.3 cm³/mol. The minimum atomic E-state index is -0.188. The van der Waals surface area contributed by atoms with Gasteiger partial charge in [-0.05, 0) is 38.5 Å². The summed E-state index contributed by atoms with van der Waals surface area (Å²) < 4.78 is 0. The summed E-state index contributed by atoms with van der Waals surface area (Å²) in [6.07, 6.45) is 7.16.